The second kappa shape index (κ2) is 5.92. The number of carbonyl (C=O) groups is 1. The number of methoxy groups -OCH3 is 1. The Hall–Kier alpha value is -1.76. The Morgan fingerprint density at radius 1 is 1.47 bits per heavy atom. The summed E-state index contributed by atoms with van der Waals surface area (Å²) >= 11 is 0. The molecule has 1 unspecified atom stereocenters. The zero-order valence-electron chi connectivity index (χ0n) is 11.0. The van der Waals surface area contributed by atoms with E-state index in [-0.39, 0.29) is 12.3 Å². The van der Waals surface area contributed by atoms with E-state index in [0.717, 1.165) is 11.4 Å². The van der Waals surface area contributed by atoms with E-state index in [0.29, 0.717) is 5.69 Å². The molecule has 0 aromatic heterocycles. The van der Waals surface area contributed by atoms with Gasteiger partial charge in [0, 0.05) is 12.6 Å². The molecule has 19 heavy (non-hydrogen) atoms. The Kier molecular flexibility index (Phi) is 4.77. The van der Waals surface area contributed by atoms with Crippen molar-refractivity contribution in [3.8, 4) is 5.75 Å². The van der Waals surface area contributed by atoms with Crippen molar-refractivity contribution in [1.82, 2.24) is 0 Å². The zero-order chi connectivity index (χ0) is 14.6. The highest BCUT2D eigenvalue weighted by atomic mass is 32.2. The van der Waals surface area contributed by atoms with Crippen LogP contribution in [0, 0.1) is 0 Å². The second-order valence-electron chi connectivity index (χ2n) is 3.89. The molecule has 0 aliphatic rings. The maximum atomic E-state index is 12.3. The molecule has 7 heteroatoms. The topological polar surface area (TPSA) is 83.9 Å². The third-order valence-electron chi connectivity index (χ3n) is 2.69. The van der Waals surface area contributed by atoms with Gasteiger partial charge in [-0.2, -0.15) is 0 Å². The Labute approximate surface area is 112 Å². The van der Waals surface area contributed by atoms with E-state index >= 15 is 0 Å². The van der Waals surface area contributed by atoms with Crippen LogP contribution in [0.3, 0.4) is 0 Å². The van der Waals surface area contributed by atoms with Crippen LogP contribution < -0.4 is 4.31 Å². The molecule has 0 radical (unpaired) electrons. The predicted molar refractivity (Wildman–Crippen MR) is 71.5 cm³/mol. The Balaban J connectivity index is 3.19. The minimum atomic E-state index is -3.88. The monoisotopic (exact) mass is 287 g/mol. The van der Waals surface area contributed by atoms with Crippen LogP contribution in [0.1, 0.15) is 13.8 Å². The summed E-state index contributed by atoms with van der Waals surface area (Å²) in [6, 6.07) is 5.84. The summed E-state index contributed by atoms with van der Waals surface area (Å²) in [6.07, 6.45) is 0. The van der Waals surface area contributed by atoms with Gasteiger partial charge in [-0.25, -0.2) is 8.42 Å². The van der Waals surface area contributed by atoms with Gasteiger partial charge in [-0.15, -0.1) is 0 Å². The lowest BCUT2D eigenvalue weighted by Crippen LogP contribution is -2.41. The van der Waals surface area contributed by atoms with Crippen molar-refractivity contribution in [3.05, 3.63) is 24.3 Å². The predicted octanol–water partition coefficient (Wildman–Crippen LogP) is 1.11. The first kappa shape index (κ1) is 15.3. The number of nitrogens with zero attached hydrogens (tertiary/aromatic N) is 1. The lowest BCUT2D eigenvalue weighted by Gasteiger charge is -2.25. The summed E-state index contributed by atoms with van der Waals surface area (Å²) in [4.78, 5) is 11.4. The van der Waals surface area contributed by atoms with E-state index in [1.807, 2.05) is 0 Å². The van der Waals surface area contributed by atoms with E-state index in [4.69, 9.17) is 0 Å². The number of aromatic hydroxyl groups is 1. The summed E-state index contributed by atoms with van der Waals surface area (Å²) in [5, 5.41) is 8.10. The molecule has 0 saturated carbocycles. The highest BCUT2D eigenvalue weighted by Gasteiger charge is 2.34. The van der Waals surface area contributed by atoms with Crippen LogP contribution >= 0.6 is 0 Å². The molecule has 0 amide bonds. The molecule has 1 rings (SSSR count). The fourth-order valence-electron chi connectivity index (χ4n) is 1.64. The number of hydrogen-bond acceptors (Lipinski definition) is 5. The summed E-state index contributed by atoms with van der Waals surface area (Å²) in [7, 11) is -2.75. The molecule has 0 bridgehead atoms. The van der Waals surface area contributed by atoms with Crippen molar-refractivity contribution < 1.29 is 23.1 Å². The first-order valence-corrected chi connectivity index (χ1v) is 7.23. The Bertz CT molecular complexity index is 555. The van der Waals surface area contributed by atoms with Crippen molar-refractivity contribution in [1.29, 1.82) is 0 Å². The summed E-state index contributed by atoms with van der Waals surface area (Å²) in [5.41, 5.74) is 0.304. The number of hydrogen-bond donors (Lipinski definition) is 1. The van der Waals surface area contributed by atoms with Gasteiger partial charge in [0.25, 0.3) is 0 Å². The van der Waals surface area contributed by atoms with E-state index in [1.54, 1.807) is 13.0 Å². The maximum absolute atomic E-state index is 12.3. The molecular formula is C12H17NO5S. The van der Waals surface area contributed by atoms with Crippen molar-refractivity contribution in [2.24, 2.45) is 0 Å². The highest BCUT2D eigenvalue weighted by molar-refractivity contribution is 7.94. The van der Waals surface area contributed by atoms with Gasteiger partial charge in [-0.1, -0.05) is 6.07 Å². The van der Waals surface area contributed by atoms with Crippen LogP contribution in [-0.2, 0) is 19.6 Å². The molecule has 1 aromatic carbocycles. The average molecular weight is 287 g/mol. The molecule has 6 nitrogen and oxygen atoms in total. The first-order chi connectivity index (χ1) is 8.84. The van der Waals surface area contributed by atoms with Gasteiger partial charge in [0.05, 0.1) is 12.8 Å². The number of esters is 1. The summed E-state index contributed by atoms with van der Waals surface area (Å²) in [6.45, 7) is 3.06. The maximum Gasteiger partial charge on any atom is 0.325 e. The largest absolute Gasteiger partial charge is 0.508 e. The number of phenols is 1. The minimum Gasteiger partial charge on any atom is -0.508 e. The lowest BCUT2D eigenvalue weighted by molar-refractivity contribution is -0.139. The Morgan fingerprint density at radius 3 is 2.58 bits per heavy atom. The quantitative estimate of drug-likeness (QED) is 0.820. The fourth-order valence-corrected chi connectivity index (χ4v) is 3.12. The molecule has 1 atom stereocenters. The second-order valence-corrected chi connectivity index (χ2v) is 6.07. The van der Waals surface area contributed by atoms with E-state index < -0.39 is 21.2 Å². The molecule has 0 aliphatic heterocycles. The number of anilines is 1. The third kappa shape index (κ3) is 3.17. The van der Waals surface area contributed by atoms with Gasteiger partial charge in [0.15, 0.2) is 5.25 Å². The zero-order valence-corrected chi connectivity index (χ0v) is 11.8. The number of carbonyl (C=O) groups excluding carboxylic acids is 1. The van der Waals surface area contributed by atoms with Crippen molar-refractivity contribution in [3.63, 3.8) is 0 Å². The van der Waals surface area contributed by atoms with E-state index in [9.17, 15) is 18.3 Å². The molecule has 106 valence electrons. The van der Waals surface area contributed by atoms with Crippen LogP contribution in [0.15, 0.2) is 24.3 Å². The van der Waals surface area contributed by atoms with Crippen molar-refractivity contribution >= 4 is 21.7 Å². The minimum absolute atomic E-state index is 0.0446. The number of benzene rings is 1. The summed E-state index contributed by atoms with van der Waals surface area (Å²) in [5.74, 6) is -0.865. The highest BCUT2D eigenvalue weighted by Crippen LogP contribution is 2.24. The van der Waals surface area contributed by atoms with Gasteiger partial charge >= 0.3 is 5.97 Å². The normalized spacial score (nSPS) is 12.8. The summed E-state index contributed by atoms with van der Waals surface area (Å²) < 4.78 is 30.2. The van der Waals surface area contributed by atoms with Gasteiger partial charge in [0.2, 0.25) is 10.0 Å². The third-order valence-corrected chi connectivity index (χ3v) is 4.86. The molecule has 0 heterocycles. The average Bonchev–Trinajstić information content (AvgIpc) is 2.37. The fraction of sp³-hybridized carbons (Fsp3) is 0.417. The van der Waals surface area contributed by atoms with Gasteiger partial charge in [0.1, 0.15) is 5.75 Å². The van der Waals surface area contributed by atoms with Crippen LogP contribution in [0.5, 0.6) is 5.75 Å². The molecule has 0 spiro atoms. The van der Waals surface area contributed by atoms with Crippen LogP contribution in [0.25, 0.3) is 0 Å². The van der Waals surface area contributed by atoms with Crippen molar-refractivity contribution in [2.75, 3.05) is 18.0 Å². The van der Waals surface area contributed by atoms with Crippen LogP contribution in [0.2, 0.25) is 0 Å². The number of ether oxygens (including phenoxy) is 1. The molecule has 0 aliphatic carbocycles. The molecule has 1 N–H and O–H groups in total. The number of rotatable bonds is 5. The smallest absolute Gasteiger partial charge is 0.325 e. The van der Waals surface area contributed by atoms with Crippen LogP contribution in [0.4, 0.5) is 5.69 Å². The number of phenolic OH excluding ortho intramolecular Hbond substituents is 1. The van der Waals surface area contributed by atoms with E-state index in [2.05, 4.69) is 4.74 Å². The van der Waals surface area contributed by atoms with E-state index in [1.165, 1.54) is 25.1 Å². The standard InChI is InChI=1S/C12H17NO5S/c1-4-13(10-6-5-7-11(14)8-10)19(16,17)9(2)12(15)18-3/h5-9,14H,4H2,1-3H3. The lowest BCUT2D eigenvalue weighted by atomic mass is 10.3. The molecular weight excluding hydrogens is 270 g/mol. The first-order valence-electron chi connectivity index (χ1n) is 5.73. The SMILES string of the molecule is CCN(c1cccc(O)c1)S(=O)(=O)C(C)C(=O)OC. The van der Waals surface area contributed by atoms with Crippen molar-refractivity contribution in [2.45, 2.75) is 19.1 Å². The molecule has 0 saturated heterocycles. The van der Waals surface area contributed by atoms with Crippen LogP contribution in [-0.4, -0.2) is 38.4 Å². The Morgan fingerprint density at radius 2 is 2.11 bits per heavy atom. The molecule has 0 fully saturated rings. The van der Waals surface area contributed by atoms with Gasteiger partial charge in [-0.3, -0.25) is 9.10 Å². The number of sulfonamides is 1. The molecule has 1 aromatic rings. The van der Waals surface area contributed by atoms with Gasteiger partial charge < -0.3 is 9.84 Å². The van der Waals surface area contributed by atoms with Gasteiger partial charge in [-0.05, 0) is 26.0 Å².